The molecule has 2 aromatic rings. The summed E-state index contributed by atoms with van der Waals surface area (Å²) in [5, 5.41) is 2.78. The van der Waals surface area contributed by atoms with E-state index in [1.54, 1.807) is 36.6 Å². The quantitative estimate of drug-likeness (QED) is 0.642. The number of anilines is 2. The summed E-state index contributed by atoms with van der Waals surface area (Å²) in [5.74, 6) is 0.429. The number of aryl methyl sites for hydroxylation is 1. The van der Waals surface area contributed by atoms with Gasteiger partial charge in [0.25, 0.3) is 0 Å². The number of benzene rings is 1. The maximum atomic E-state index is 11.7. The average molecular weight is 242 g/mol. The summed E-state index contributed by atoms with van der Waals surface area (Å²) in [6.07, 6.45) is 4.60. The number of carbonyl (C=O) groups excluding carboxylic acids is 1. The molecule has 18 heavy (non-hydrogen) atoms. The predicted molar refractivity (Wildman–Crippen MR) is 72.0 cm³/mol. The Morgan fingerprint density at radius 3 is 2.89 bits per heavy atom. The lowest BCUT2D eigenvalue weighted by Gasteiger charge is -2.06. The Bertz CT molecular complexity index is 571. The van der Waals surface area contributed by atoms with E-state index in [0.29, 0.717) is 11.4 Å². The molecule has 0 unspecified atom stereocenters. The van der Waals surface area contributed by atoms with Crippen LogP contribution in [0.3, 0.4) is 0 Å². The summed E-state index contributed by atoms with van der Waals surface area (Å²) < 4.78 is 5.09. The molecule has 0 fully saturated rings. The van der Waals surface area contributed by atoms with Crippen LogP contribution in [0.5, 0.6) is 0 Å². The first-order valence-electron chi connectivity index (χ1n) is 5.54. The van der Waals surface area contributed by atoms with E-state index < -0.39 is 0 Å². The van der Waals surface area contributed by atoms with Crippen LogP contribution in [0.25, 0.3) is 6.08 Å². The fourth-order valence-electron chi connectivity index (χ4n) is 1.55. The molecule has 1 aromatic carbocycles. The Morgan fingerprint density at radius 2 is 2.22 bits per heavy atom. The molecule has 0 atom stereocenters. The third kappa shape index (κ3) is 3.01. The van der Waals surface area contributed by atoms with E-state index in [0.717, 1.165) is 11.3 Å². The Labute approximate surface area is 105 Å². The highest BCUT2D eigenvalue weighted by Gasteiger charge is 2.02. The maximum absolute atomic E-state index is 11.7. The molecular weight excluding hydrogens is 228 g/mol. The standard InChI is InChI=1S/C14H14N2O2/c1-10-9-11(15)4-6-13(10)16-14(17)7-5-12-3-2-8-18-12/h2-9H,15H2,1H3,(H,16,17)/b7-5+. The van der Waals surface area contributed by atoms with Gasteiger partial charge in [-0.05, 0) is 48.9 Å². The minimum atomic E-state index is -0.209. The van der Waals surface area contributed by atoms with Gasteiger partial charge >= 0.3 is 0 Å². The molecule has 0 saturated carbocycles. The monoisotopic (exact) mass is 242 g/mol. The zero-order chi connectivity index (χ0) is 13.0. The van der Waals surface area contributed by atoms with Crippen molar-refractivity contribution in [2.24, 2.45) is 0 Å². The van der Waals surface area contributed by atoms with Crippen molar-refractivity contribution in [3.63, 3.8) is 0 Å². The van der Waals surface area contributed by atoms with Crippen molar-refractivity contribution < 1.29 is 9.21 Å². The van der Waals surface area contributed by atoms with E-state index in [1.165, 1.54) is 6.08 Å². The first kappa shape index (κ1) is 12.0. The van der Waals surface area contributed by atoms with E-state index in [2.05, 4.69) is 5.32 Å². The van der Waals surface area contributed by atoms with Gasteiger partial charge in [0, 0.05) is 17.5 Å². The van der Waals surface area contributed by atoms with Gasteiger partial charge in [-0.1, -0.05) is 0 Å². The molecule has 0 aliphatic carbocycles. The van der Waals surface area contributed by atoms with Crippen molar-refractivity contribution in [3.8, 4) is 0 Å². The Balaban J connectivity index is 2.03. The summed E-state index contributed by atoms with van der Waals surface area (Å²) in [4.78, 5) is 11.7. The second kappa shape index (κ2) is 5.23. The molecule has 1 heterocycles. The van der Waals surface area contributed by atoms with Crippen LogP contribution in [0, 0.1) is 6.92 Å². The van der Waals surface area contributed by atoms with E-state index in [9.17, 15) is 4.79 Å². The smallest absolute Gasteiger partial charge is 0.248 e. The minimum Gasteiger partial charge on any atom is -0.465 e. The molecule has 1 amide bonds. The van der Waals surface area contributed by atoms with Crippen LogP contribution in [0.2, 0.25) is 0 Å². The van der Waals surface area contributed by atoms with Gasteiger partial charge in [0.1, 0.15) is 5.76 Å². The van der Waals surface area contributed by atoms with Gasteiger partial charge in [-0.2, -0.15) is 0 Å². The Hall–Kier alpha value is -2.49. The Kier molecular flexibility index (Phi) is 3.48. The summed E-state index contributed by atoms with van der Waals surface area (Å²) in [6, 6.07) is 8.88. The van der Waals surface area contributed by atoms with Crippen molar-refractivity contribution in [3.05, 3.63) is 54.0 Å². The lowest BCUT2D eigenvalue weighted by molar-refractivity contribution is -0.111. The SMILES string of the molecule is Cc1cc(N)ccc1NC(=O)/C=C/c1ccco1. The zero-order valence-electron chi connectivity index (χ0n) is 10.0. The highest BCUT2D eigenvalue weighted by Crippen LogP contribution is 2.17. The molecular formula is C14H14N2O2. The molecule has 0 aliphatic rings. The van der Waals surface area contributed by atoms with Crippen molar-refractivity contribution in [1.82, 2.24) is 0 Å². The summed E-state index contributed by atoms with van der Waals surface area (Å²) >= 11 is 0. The third-order valence-electron chi connectivity index (χ3n) is 2.45. The van der Waals surface area contributed by atoms with E-state index in [-0.39, 0.29) is 5.91 Å². The lowest BCUT2D eigenvalue weighted by Crippen LogP contribution is -2.09. The summed E-state index contributed by atoms with van der Waals surface area (Å²) in [7, 11) is 0. The molecule has 0 spiro atoms. The predicted octanol–water partition coefficient (Wildman–Crippen LogP) is 2.82. The zero-order valence-corrected chi connectivity index (χ0v) is 10.0. The van der Waals surface area contributed by atoms with Gasteiger partial charge in [-0.25, -0.2) is 0 Å². The van der Waals surface area contributed by atoms with Crippen molar-refractivity contribution in [1.29, 1.82) is 0 Å². The van der Waals surface area contributed by atoms with Crippen LogP contribution in [0.1, 0.15) is 11.3 Å². The van der Waals surface area contributed by atoms with Crippen molar-refractivity contribution in [2.45, 2.75) is 6.92 Å². The van der Waals surface area contributed by atoms with Crippen molar-refractivity contribution >= 4 is 23.4 Å². The van der Waals surface area contributed by atoms with Crippen LogP contribution in [-0.2, 0) is 4.79 Å². The van der Waals surface area contributed by atoms with Crippen LogP contribution in [0.15, 0.2) is 47.1 Å². The number of hydrogen-bond acceptors (Lipinski definition) is 3. The van der Waals surface area contributed by atoms with E-state index >= 15 is 0 Å². The molecule has 92 valence electrons. The molecule has 4 nitrogen and oxygen atoms in total. The molecule has 3 N–H and O–H groups in total. The third-order valence-corrected chi connectivity index (χ3v) is 2.45. The van der Waals surface area contributed by atoms with Gasteiger partial charge < -0.3 is 15.5 Å². The lowest BCUT2D eigenvalue weighted by atomic mass is 10.2. The minimum absolute atomic E-state index is 0.209. The fraction of sp³-hybridized carbons (Fsp3) is 0.0714. The molecule has 2 rings (SSSR count). The largest absolute Gasteiger partial charge is 0.465 e. The number of amides is 1. The molecule has 0 aliphatic heterocycles. The van der Waals surface area contributed by atoms with Gasteiger partial charge in [0.2, 0.25) is 5.91 Å². The fourth-order valence-corrected chi connectivity index (χ4v) is 1.55. The number of nitrogens with two attached hydrogens (primary N) is 1. The molecule has 0 radical (unpaired) electrons. The van der Waals surface area contributed by atoms with E-state index in [4.69, 9.17) is 10.2 Å². The highest BCUT2D eigenvalue weighted by molar-refractivity contribution is 6.02. The van der Waals surface area contributed by atoms with Crippen LogP contribution >= 0.6 is 0 Å². The van der Waals surface area contributed by atoms with Gasteiger partial charge in [-0.15, -0.1) is 0 Å². The first-order chi connectivity index (χ1) is 8.65. The Morgan fingerprint density at radius 1 is 1.39 bits per heavy atom. The topological polar surface area (TPSA) is 68.3 Å². The molecule has 0 bridgehead atoms. The number of rotatable bonds is 3. The molecule has 1 aromatic heterocycles. The van der Waals surface area contributed by atoms with E-state index in [1.807, 2.05) is 13.0 Å². The number of carbonyl (C=O) groups is 1. The number of furan rings is 1. The van der Waals surface area contributed by atoms with Crippen LogP contribution in [-0.4, -0.2) is 5.91 Å². The molecule has 0 saturated heterocycles. The second-order valence-corrected chi connectivity index (χ2v) is 3.91. The second-order valence-electron chi connectivity index (χ2n) is 3.91. The summed E-state index contributed by atoms with van der Waals surface area (Å²) in [5.41, 5.74) is 7.99. The molecule has 4 heteroatoms. The number of nitrogen functional groups attached to an aromatic ring is 1. The number of nitrogens with one attached hydrogen (secondary N) is 1. The summed E-state index contributed by atoms with van der Waals surface area (Å²) in [6.45, 7) is 1.89. The maximum Gasteiger partial charge on any atom is 0.248 e. The van der Waals surface area contributed by atoms with Gasteiger partial charge in [0.05, 0.1) is 6.26 Å². The van der Waals surface area contributed by atoms with Crippen molar-refractivity contribution in [2.75, 3.05) is 11.1 Å². The van der Waals surface area contributed by atoms with Crippen LogP contribution < -0.4 is 11.1 Å². The average Bonchev–Trinajstić information content (AvgIpc) is 2.83. The highest BCUT2D eigenvalue weighted by atomic mass is 16.3. The normalized spacial score (nSPS) is 10.7. The number of hydrogen-bond donors (Lipinski definition) is 2. The first-order valence-corrected chi connectivity index (χ1v) is 5.54. The van der Waals surface area contributed by atoms with Crippen LogP contribution in [0.4, 0.5) is 11.4 Å². The van der Waals surface area contributed by atoms with Gasteiger partial charge in [-0.3, -0.25) is 4.79 Å². The van der Waals surface area contributed by atoms with Gasteiger partial charge in [0.15, 0.2) is 0 Å².